The summed E-state index contributed by atoms with van der Waals surface area (Å²) in [7, 11) is -3.67. The maximum atomic E-state index is 12.9. The molecule has 0 spiro atoms. The largest absolute Gasteiger partial charge is 0.312 e. The number of amides is 1. The number of carbonyl (C=O) groups is 1. The third kappa shape index (κ3) is 3.65. The summed E-state index contributed by atoms with van der Waals surface area (Å²) >= 11 is 0. The average Bonchev–Trinajstić information content (AvgIpc) is 2.72. The van der Waals surface area contributed by atoms with Crippen LogP contribution < -0.4 is 9.62 Å². The second kappa shape index (κ2) is 7.59. The maximum absolute atomic E-state index is 12.9. The molecule has 5 nitrogen and oxygen atoms in total. The molecule has 28 heavy (non-hydrogen) atoms. The summed E-state index contributed by atoms with van der Waals surface area (Å²) < 4.78 is 28.6. The molecule has 0 bridgehead atoms. The van der Waals surface area contributed by atoms with E-state index in [4.69, 9.17) is 0 Å². The van der Waals surface area contributed by atoms with E-state index in [1.807, 2.05) is 25.1 Å². The van der Waals surface area contributed by atoms with E-state index in [1.165, 1.54) is 12.0 Å². The third-order valence-corrected chi connectivity index (χ3v) is 7.07. The molecule has 2 aliphatic rings. The minimum Gasteiger partial charge on any atom is -0.312 e. The zero-order valence-electron chi connectivity index (χ0n) is 16.2. The fraction of sp³-hybridized carbons (Fsp3) is 0.409. The molecule has 0 aromatic heterocycles. The minimum absolute atomic E-state index is 0.0654. The molecular weight excluding hydrogens is 372 g/mol. The molecule has 1 amide bonds. The van der Waals surface area contributed by atoms with E-state index in [0.717, 1.165) is 48.9 Å². The van der Waals surface area contributed by atoms with Crippen LogP contribution in [0.4, 0.5) is 11.4 Å². The van der Waals surface area contributed by atoms with Crippen molar-refractivity contribution in [3.63, 3.8) is 0 Å². The smallest absolute Gasteiger partial charge is 0.261 e. The lowest BCUT2D eigenvalue weighted by atomic mass is 9.92. The van der Waals surface area contributed by atoms with Gasteiger partial charge < -0.3 is 4.90 Å². The summed E-state index contributed by atoms with van der Waals surface area (Å²) in [5.41, 5.74) is 4.80. The molecule has 1 aliphatic heterocycles. The van der Waals surface area contributed by atoms with Gasteiger partial charge in [0, 0.05) is 18.7 Å². The van der Waals surface area contributed by atoms with E-state index in [1.54, 1.807) is 23.1 Å². The van der Waals surface area contributed by atoms with Crippen LogP contribution in [-0.2, 0) is 34.1 Å². The van der Waals surface area contributed by atoms with Crippen molar-refractivity contribution >= 4 is 27.3 Å². The van der Waals surface area contributed by atoms with Gasteiger partial charge in [-0.05, 0) is 79.5 Å². The van der Waals surface area contributed by atoms with Crippen LogP contribution in [0.15, 0.2) is 41.3 Å². The molecule has 0 saturated carbocycles. The van der Waals surface area contributed by atoms with Crippen LogP contribution in [0.25, 0.3) is 0 Å². The number of rotatable bonds is 4. The Labute approximate surface area is 166 Å². The number of aryl methyl sites for hydroxylation is 3. The van der Waals surface area contributed by atoms with Crippen LogP contribution in [0.3, 0.4) is 0 Å². The van der Waals surface area contributed by atoms with Crippen LogP contribution in [0.1, 0.15) is 49.3 Å². The summed E-state index contributed by atoms with van der Waals surface area (Å²) in [5.74, 6) is 0.0654. The summed E-state index contributed by atoms with van der Waals surface area (Å²) in [6.07, 6.45) is 6.50. The number of benzene rings is 2. The molecule has 0 unspecified atom stereocenters. The molecule has 1 aliphatic carbocycles. The highest BCUT2D eigenvalue weighted by atomic mass is 32.2. The number of hydrogen-bond donors (Lipinski definition) is 1. The van der Waals surface area contributed by atoms with Gasteiger partial charge in [0.15, 0.2) is 0 Å². The molecule has 1 N–H and O–H groups in total. The van der Waals surface area contributed by atoms with Gasteiger partial charge in [-0.15, -0.1) is 0 Å². The van der Waals surface area contributed by atoms with Gasteiger partial charge in [-0.3, -0.25) is 9.52 Å². The van der Waals surface area contributed by atoms with Crippen LogP contribution in [-0.4, -0.2) is 20.9 Å². The number of sulfonamides is 1. The van der Waals surface area contributed by atoms with E-state index >= 15 is 0 Å². The Hall–Kier alpha value is -2.34. The highest BCUT2D eigenvalue weighted by Gasteiger charge is 2.23. The lowest BCUT2D eigenvalue weighted by molar-refractivity contribution is -0.118. The first-order valence-corrected chi connectivity index (χ1v) is 11.5. The van der Waals surface area contributed by atoms with Gasteiger partial charge in [-0.25, -0.2) is 8.42 Å². The van der Waals surface area contributed by atoms with Crippen LogP contribution >= 0.6 is 0 Å². The SMILES string of the molecule is CCC(=O)N1CCCc2ccc(NS(=O)(=O)c3ccc4c(c3)CCCC4)cc21. The van der Waals surface area contributed by atoms with Gasteiger partial charge in [-0.1, -0.05) is 19.1 Å². The van der Waals surface area contributed by atoms with Crippen molar-refractivity contribution < 1.29 is 13.2 Å². The van der Waals surface area contributed by atoms with E-state index in [9.17, 15) is 13.2 Å². The zero-order valence-corrected chi connectivity index (χ0v) is 17.0. The standard InChI is InChI=1S/C22H26N2O3S/c1-2-22(25)24-13-5-8-17-9-11-19(15-21(17)24)23-28(26,27)20-12-10-16-6-3-4-7-18(16)14-20/h9-12,14-15,23H,2-8,13H2,1H3. The van der Waals surface area contributed by atoms with Crippen LogP contribution in [0.2, 0.25) is 0 Å². The number of carbonyl (C=O) groups excluding carboxylic acids is 1. The number of hydrogen-bond acceptors (Lipinski definition) is 3. The highest BCUT2D eigenvalue weighted by molar-refractivity contribution is 7.92. The Morgan fingerprint density at radius 3 is 2.46 bits per heavy atom. The maximum Gasteiger partial charge on any atom is 0.261 e. The Balaban J connectivity index is 1.63. The van der Waals surface area contributed by atoms with Crippen molar-refractivity contribution in [1.29, 1.82) is 0 Å². The molecule has 1 heterocycles. The van der Waals surface area contributed by atoms with Gasteiger partial charge in [0.1, 0.15) is 0 Å². The van der Waals surface area contributed by atoms with Gasteiger partial charge in [-0.2, -0.15) is 0 Å². The van der Waals surface area contributed by atoms with Gasteiger partial charge >= 0.3 is 0 Å². The first-order valence-electron chi connectivity index (χ1n) is 10.1. The summed E-state index contributed by atoms with van der Waals surface area (Å²) in [5, 5.41) is 0. The zero-order chi connectivity index (χ0) is 19.7. The lowest BCUT2D eigenvalue weighted by Gasteiger charge is -2.30. The van der Waals surface area contributed by atoms with Crippen molar-refractivity contribution in [2.45, 2.75) is 56.8 Å². The quantitative estimate of drug-likeness (QED) is 0.845. The van der Waals surface area contributed by atoms with E-state index in [-0.39, 0.29) is 5.91 Å². The third-order valence-electron chi connectivity index (χ3n) is 5.69. The first-order chi connectivity index (χ1) is 13.5. The molecule has 0 saturated heterocycles. The summed E-state index contributed by atoms with van der Waals surface area (Å²) in [6, 6.07) is 10.9. The molecule has 4 rings (SSSR count). The second-order valence-corrected chi connectivity index (χ2v) is 9.27. The predicted octanol–water partition coefficient (Wildman–Crippen LogP) is 4.06. The lowest BCUT2D eigenvalue weighted by Crippen LogP contribution is -2.35. The first kappa shape index (κ1) is 19.0. The van der Waals surface area contributed by atoms with Crippen LogP contribution in [0.5, 0.6) is 0 Å². The Bertz CT molecular complexity index is 1010. The van der Waals surface area contributed by atoms with Crippen molar-refractivity contribution in [3.8, 4) is 0 Å². The van der Waals surface area contributed by atoms with E-state index in [0.29, 0.717) is 23.5 Å². The van der Waals surface area contributed by atoms with Crippen LogP contribution in [0, 0.1) is 0 Å². The molecule has 0 fully saturated rings. The van der Waals surface area contributed by atoms with Crippen molar-refractivity contribution in [2.75, 3.05) is 16.2 Å². The van der Waals surface area contributed by atoms with Gasteiger partial charge in [0.25, 0.3) is 10.0 Å². The Morgan fingerprint density at radius 1 is 0.964 bits per heavy atom. The minimum atomic E-state index is -3.67. The number of nitrogens with zero attached hydrogens (tertiary/aromatic N) is 1. The van der Waals surface area contributed by atoms with Crippen molar-refractivity contribution in [3.05, 3.63) is 53.1 Å². The van der Waals surface area contributed by atoms with E-state index < -0.39 is 10.0 Å². The van der Waals surface area contributed by atoms with E-state index in [2.05, 4.69) is 4.72 Å². The monoisotopic (exact) mass is 398 g/mol. The molecule has 0 radical (unpaired) electrons. The summed E-state index contributed by atoms with van der Waals surface area (Å²) in [4.78, 5) is 14.3. The molecule has 2 aromatic rings. The van der Waals surface area contributed by atoms with Gasteiger partial charge in [0.05, 0.1) is 10.6 Å². The molecule has 0 atom stereocenters. The van der Waals surface area contributed by atoms with Gasteiger partial charge in [0.2, 0.25) is 5.91 Å². The normalized spacial score (nSPS) is 16.2. The fourth-order valence-corrected chi connectivity index (χ4v) is 5.28. The molecule has 2 aromatic carbocycles. The topological polar surface area (TPSA) is 66.5 Å². The number of nitrogens with one attached hydrogen (secondary N) is 1. The predicted molar refractivity (Wildman–Crippen MR) is 111 cm³/mol. The number of fused-ring (bicyclic) bond motifs is 2. The highest BCUT2D eigenvalue weighted by Crippen LogP contribution is 2.32. The molecular formula is C22H26N2O3S. The number of anilines is 2. The summed E-state index contributed by atoms with van der Waals surface area (Å²) in [6.45, 7) is 2.53. The Morgan fingerprint density at radius 2 is 1.68 bits per heavy atom. The molecule has 6 heteroatoms. The van der Waals surface area contributed by atoms with Crippen molar-refractivity contribution in [2.24, 2.45) is 0 Å². The molecule has 148 valence electrons. The second-order valence-electron chi connectivity index (χ2n) is 7.59. The fourth-order valence-electron chi connectivity index (χ4n) is 4.18. The Kier molecular flexibility index (Phi) is 5.15. The van der Waals surface area contributed by atoms with Crippen molar-refractivity contribution in [1.82, 2.24) is 0 Å². The average molecular weight is 399 g/mol.